The van der Waals surface area contributed by atoms with Crippen LogP contribution in [0.4, 0.5) is 0 Å². The molecule has 0 spiro atoms. The molecular formula is C17H25IN4OS. The fourth-order valence-corrected chi connectivity index (χ4v) is 2.43. The summed E-state index contributed by atoms with van der Waals surface area (Å²) >= 11 is 1.74. The molecule has 0 amide bonds. The van der Waals surface area contributed by atoms with Crippen LogP contribution in [0.5, 0.6) is 0 Å². The summed E-state index contributed by atoms with van der Waals surface area (Å²) in [5.74, 6) is 2.29. The lowest BCUT2D eigenvalue weighted by Gasteiger charge is -2.09. The van der Waals surface area contributed by atoms with Crippen LogP contribution in [0.1, 0.15) is 29.8 Å². The molecule has 132 valence electrons. The second-order valence-corrected chi connectivity index (χ2v) is 6.03. The molecule has 1 aromatic heterocycles. The zero-order chi connectivity index (χ0) is 16.7. The van der Waals surface area contributed by atoms with Crippen LogP contribution in [-0.4, -0.2) is 23.7 Å². The second-order valence-electron chi connectivity index (χ2n) is 5.15. The van der Waals surface area contributed by atoms with Crippen molar-refractivity contribution in [2.75, 3.05) is 12.8 Å². The minimum absolute atomic E-state index is 0. The van der Waals surface area contributed by atoms with Crippen molar-refractivity contribution < 1.29 is 4.42 Å². The van der Waals surface area contributed by atoms with E-state index >= 15 is 0 Å². The molecule has 0 aliphatic heterocycles. The van der Waals surface area contributed by atoms with Crippen molar-refractivity contribution in [1.29, 1.82) is 0 Å². The Bertz CT molecular complexity index is 636. The maximum absolute atomic E-state index is 5.57. The number of halogens is 1. The van der Waals surface area contributed by atoms with E-state index in [1.54, 1.807) is 11.8 Å². The van der Waals surface area contributed by atoms with E-state index in [0.717, 1.165) is 24.0 Å². The van der Waals surface area contributed by atoms with Crippen molar-refractivity contribution in [3.8, 4) is 0 Å². The van der Waals surface area contributed by atoms with Crippen molar-refractivity contribution in [3.05, 3.63) is 47.2 Å². The number of guanidine groups is 1. The highest BCUT2D eigenvalue weighted by atomic mass is 127. The molecule has 0 aliphatic rings. The SMILES string of the molecule is CCNC(=NCc1ccc(SC)cc1)NCc1nc(C)c(C)o1.I. The summed E-state index contributed by atoms with van der Waals surface area (Å²) in [5, 5.41) is 6.48. The smallest absolute Gasteiger partial charge is 0.214 e. The van der Waals surface area contributed by atoms with Crippen LogP contribution in [0.25, 0.3) is 0 Å². The maximum Gasteiger partial charge on any atom is 0.214 e. The van der Waals surface area contributed by atoms with Crippen LogP contribution < -0.4 is 10.6 Å². The number of aromatic nitrogens is 1. The van der Waals surface area contributed by atoms with E-state index in [0.29, 0.717) is 19.0 Å². The number of benzene rings is 1. The van der Waals surface area contributed by atoms with Gasteiger partial charge < -0.3 is 15.1 Å². The summed E-state index contributed by atoms with van der Waals surface area (Å²) < 4.78 is 5.57. The number of nitrogens with one attached hydrogen (secondary N) is 2. The molecular weight excluding hydrogens is 435 g/mol. The van der Waals surface area contributed by atoms with Gasteiger partial charge in [0.15, 0.2) is 5.96 Å². The minimum Gasteiger partial charge on any atom is -0.444 e. The van der Waals surface area contributed by atoms with Gasteiger partial charge >= 0.3 is 0 Å². The Morgan fingerprint density at radius 1 is 1.21 bits per heavy atom. The summed E-state index contributed by atoms with van der Waals surface area (Å²) in [5.41, 5.74) is 2.11. The number of nitrogens with zero attached hydrogens (tertiary/aromatic N) is 2. The van der Waals surface area contributed by atoms with Crippen LogP contribution in [0.3, 0.4) is 0 Å². The third-order valence-electron chi connectivity index (χ3n) is 3.40. The van der Waals surface area contributed by atoms with Gasteiger partial charge in [0.05, 0.1) is 18.8 Å². The predicted octanol–water partition coefficient (Wildman–Crippen LogP) is 3.89. The minimum atomic E-state index is 0. The van der Waals surface area contributed by atoms with Gasteiger partial charge in [0, 0.05) is 11.4 Å². The maximum atomic E-state index is 5.57. The van der Waals surface area contributed by atoms with E-state index in [-0.39, 0.29) is 24.0 Å². The number of hydrogen-bond acceptors (Lipinski definition) is 4. The average Bonchev–Trinajstić information content (AvgIpc) is 2.89. The fourth-order valence-electron chi connectivity index (χ4n) is 2.02. The lowest BCUT2D eigenvalue weighted by atomic mass is 10.2. The van der Waals surface area contributed by atoms with Gasteiger partial charge in [-0.2, -0.15) is 0 Å². The zero-order valence-electron chi connectivity index (χ0n) is 14.5. The highest BCUT2D eigenvalue weighted by Gasteiger charge is 2.06. The van der Waals surface area contributed by atoms with Crippen molar-refractivity contribution in [1.82, 2.24) is 15.6 Å². The first-order valence-corrected chi connectivity index (χ1v) is 8.93. The summed E-state index contributed by atoms with van der Waals surface area (Å²) in [6, 6.07) is 8.46. The van der Waals surface area contributed by atoms with Gasteiger partial charge in [-0.15, -0.1) is 35.7 Å². The third-order valence-corrected chi connectivity index (χ3v) is 4.15. The molecule has 7 heteroatoms. The molecule has 0 atom stereocenters. The van der Waals surface area contributed by atoms with Crippen LogP contribution in [0, 0.1) is 13.8 Å². The van der Waals surface area contributed by atoms with Crippen molar-refractivity contribution in [2.24, 2.45) is 4.99 Å². The molecule has 0 bridgehead atoms. The van der Waals surface area contributed by atoms with Crippen LogP contribution in [-0.2, 0) is 13.1 Å². The Labute approximate surface area is 165 Å². The molecule has 0 aliphatic carbocycles. The summed E-state index contributed by atoms with van der Waals surface area (Å²) in [6.07, 6.45) is 2.08. The first kappa shape index (κ1) is 20.8. The van der Waals surface area contributed by atoms with Gasteiger partial charge in [-0.1, -0.05) is 12.1 Å². The molecule has 0 radical (unpaired) electrons. The van der Waals surface area contributed by atoms with Gasteiger partial charge in [0.2, 0.25) is 5.89 Å². The lowest BCUT2D eigenvalue weighted by molar-refractivity contribution is 0.463. The second kappa shape index (κ2) is 10.6. The van der Waals surface area contributed by atoms with Crippen LogP contribution in [0.2, 0.25) is 0 Å². The molecule has 0 fully saturated rings. The van der Waals surface area contributed by atoms with E-state index in [2.05, 4.69) is 51.1 Å². The highest BCUT2D eigenvalue weighted by molar-refractivity contribution is 14.0. The van der Waals surface area contributed by atoms with Gasteiger partial charge in [0.1, 0.15) is 5.76 Å². The van der Waals surface area contributed by atoms with Gasteiger partial charge in [-0.3, -0.25) is 0 Å². The molecule has 1 aromatic carbocycles. The summed E-state index contributed by atoms with van der Waals surface area (Å²) in [4.78, 5) is 10.2. The monoisotopic (exact) mass is 460 g/mol. The Hall–Kier alpha value is -1.22. The van der Waals surface area contributed by atoms with Crippen LogP contribution >= 0.6 is 35.7 Å². The highest BCUT2D eigenvalue weighted by Crippen LogP contribution is 2.15. The Kier molecular flexibility index (Phi) is 9.20. The molecule has 2 aromatic rings. The van der Waals surface area contributed by atoms with Gasteiger partial charge in [0.25, 0.3) is 0 Å². The Balaban J connectivity index is 0.00000288. The zero-order valence-corrected chi connectivity index (χ0v) is 17.7. The molecule has 2 rings (SSSR count). The average molecular weight is 460 g/mol. The van der Waals surface area contributed by atoms with Gasteiger partial charge in [-0.25, -0.2) is 9.98 Å². The van der Waals surface area contributed by atoms with E-state index in [4.69, 9.17) is 4.42 Å². The van der Waals surface area contributed by atoms with Crippen molar-refractivity contribution >= 4 is 41.7 Å². The Morgan fingerprint density at radius 3 is 2.46 bits per heavy atom. The number of hydrogen-bond donors (Lipinski definition) is 2. The lowest BCUT2D eigenvalue weighted by Crippen LogP contribution is -2.36. The number of rotatable bonds is 6. The number of aryl methyl sites for hydroxylation is 2. The fraction of sp³-hybridized carbons (Fsp3) is 0.412. The molecule has 2 N–H and O–H groups in total. The van der Waals surface area contributed by atoms with Gasteiger partial charge in [-0.05, 0) is 44.7 Å². The molecule has 24 heavy (non-hydrogen) atoms. The van der Waals surface area contributed by atoms with E-state index < -0.39 is 0 Å². The predicted molar refractivity (Wildman–Crippen MR) is 111 cm³/mol. The number of oxazole rings is 1. The van der Waals surface area contributed by atoms with E-state index in [9.17, 15) is 0 Å². The van der Waals surface area contributed by atoms with Crippen molar-refractivity contribution in [2.45, 2.75) is 38.8 Å². The quantitative estimate of drug-likeness (QED) is 0.297. The van der Waals surface area contributed by atoms with E-state index in [1.807, 2.05) is 20.8 Å². The van der Waals surface area contributed by atoms with E-state index in [1.165, 1.54) is 10.5 Å². The van der Waals surface area contributed by atoms with Crippen molar-refractivity contribution in [3.63, 3.8) is 0 Å². The largest absolute Gasteiger partial charge is 0.444 e. The standard InChI is InChI=1S/C17H24N4OS.HI/c1-5-18-17(20-11-16-21-12(2)13(3)22-16)19-10-14-6-8-15(23-4)9-7-14;/h6-9H,5,10-11H2,1-4H3,(H2,18,19,20);1H. The summed E-state index contributed by atoms with van der Waals surface area (Å²) in [6.45, 7) is 7.87. The topological polar surface area (TPSA) is 62.5 Å². The molecule has 1 heterocycles. The third kappa shape index (κ3) is 6.35. The summed E-state index contributed by atoms with van der Waals surface area (Å²) in [7, 11) is 0. The van der Waals surface area contributed by atoms with Crippen LogP contribution in [0.15, 0.2) is 38.6 Å². The first-order valence-electron chi connectivity index (χ1n) is 7.70. The molecule has 0 saturated heterocycles. The molecule has 0 unspecified atom stereocenters. The normalized spacial score (nSPS) is 11.1. The number of thioether (sulfide) groups is 1. The first-order chi connectivity index (χ1) is 11.1. The molecule has 0 saturated carbocycles. The number of aliphatic imine (C=N–C) groups is 1. The molecule has 5 nitrogen and oxygen atoms in total. The Morgan fingerprint density at radius 2 is 1.92 bits per heavy atom.